The molecule has 6 heteroatoms. The van der Waals surface area contributed by atoms with Crippen LogP contribution in [0.5, 0.6) is 0 Å². The summed E-state index contributed by atoms with van der Waals surface area (Å²) < 4.78 is 0. The van der Waals surface area contributed by atoms with Crippen molar-refractivity contribution in [1.82, 2.24) is 19.8 Å². The van der Waals surface area contributed by atoms with Gasteiger partial charge in [-0.25, -0.2) is 9.97 Å². The molecule has 0 radical (unpaired) electrons. The molecule has 6 nitrogen and oxygen atoms in total. The van der Waals surface area contributed by atoms with Crippen molar-refractivity contribution in [2.75, 3.05) is 20.1 Å². The van der Waals surface area contributed by atoms with Crippen LogP contribution in [0, 0.1) is 11.3 Å². The van der Waals surface area contributed by atoms with Gasteiger partial charge < -0.3 is 4.90 Å². The van der Waals surface area contributed by atoms with Gasteiger partial charge in [-0.3, -0.25) is 9.69 Å². The van der Waals surface area contributed by atoms with Crippen molar-refractivity contribution in [3.05, 3.63) is 59.7 Å². The molecule has 0 N–H and O–H groups in total. The lowest BCUT2D eigenvalue weighted by atomic mass is 10.1. The smallest absolute Gasteiger partial charge is 0.253 e. The van der Waals surface area contributed by atoms with E-state index in [1.165, 1.54) is 0 Å². The highest BCUT2D eigenvalue weighted by atomic mass is 16.2. The molecule has 1 atom stereocenters. The molecule has 1 aromatic heterocycles. The molecule has 0 aliphatic carbocycles. The first-order chi connectivity index (χ1) is 11.7. The zero-order chi connectivity index (χ0) is 16.9. The molecule has 24 heavy (non-hydrogen) atoms. The molecule has 1 aliphatic rings. The van der Waals surface area contributed by atoms with Crippen LogP contribution in [0.1, 0.15) is 28.2 Å². The molecule has 0 unspecified atom stereocenters. The topological polar surface area (TPSA) is 73.1 Å². The highest BCUT2D eigenvalue weighted by Gasteiger charge is 2.29. The Balaban J connectivity index is 1.62. The van der Waals surface area contributed by atoms with Crippen LogP contribution < -0.4 is 0 Å². The van der Waals surface area contributed by atoms with Crippen molar-refractivity contribution in [2.45, 2.75) is 19.0 Å². The molecule has 0 bridgehead atoms. The van der Waals surface area contributed by atoms with E-state index in [4.69, 9.17) is 5.26 Å². The second-order valence-corrected chi connectivity index (χ2v) is 5.97. The predicted molar refractivity (Wildman–Crippen MR) is 89.0 cm³/mol. The Bertz CT molecular complexity index is 756. The van der Waals surface area contributed by atoms with E-state index in [-0.39, 0.29) is 11.9 Å². The van der Waals surface area contributed by atoms with Crippen LogP contribution in [0.15, 0.2) is 42.7 Å². The van der Waals surface area contributed by atoms with Crippen molar-refractivity contribution in [3.63, 3.8) is 0 Å². The molecule has 1 aromatic carbocycles. The summed E-state index contributed by atoms with van der Waals surface area (Å²) in [6, 6.07) is 11.0. The molecule has 0 saturated carbocycles. The van der Waals surface area contributed by atoms with Gasteiger partial charge >= 0.3 is 0 Å². The lowest BCUT2D eigenvalue weighted by Gasteiger charge is -2.24. The molecule has 2 heterocycles. The van der Waals surface area contributed by atoms with Crippen molar-refractivity contribution in [2.24, 2.45) is 0 Å². The average molecular weight is 321 g/mol. The maximum Gasteiger partial charge on any atom is 0.253 e. The molecule has 0 spiro atoms. The predicted octanol–water partition coefficient (Wildman–Crippen LogP) is 1.69. The quantitative estimate of drug-likeness (QED) is 0.857. The van der Waals surface area contributed by atoms with E-state index in [1.54, 1.807) is 42.7 Å². The number of carbonyl (C=O) groups is 1. The Morgan fingerprint density at radius 3 is 2.92 bits per heavy atom. The largest absolute Gasteiger partial charge is 0.337 e. The molecule has 1 aliphatic heterocycles. The second kappa shape index (κ2) is 7.20. The molecule has 3 rings (SSSR count). The van der Waals surface area contributed by atoms with Gasteiger partial charge in [-0.2, -0.15) is 5.26 Å². The van der Waals surface area contributed by atoms with E-state index >= 15 is 0 Å². The SMILES string of the molecule is CN(Cc1ncccn1)[C@H]1CCN(C(=O)c2cccc(C#N)c2)C1. The zero-order valence-corrected chi connectivity index (χ0v) is 13.6. The molecular formula is C18H19N5O. The summed E-state index contributed by atoms with van der Waals surface area (Å²) in [6.07, 6.45) is 4.40. The monoisotopic (exact) mass is 321 g/mol. The van der Waals surface area contributed by atoms with Crippen LogP contribution >= 0.6 is 0 Å². The third kappa shape index (κ3) is 3.58. The number of amides is 1. The summed E-state index contributed by atoms with van der Waals surface area (Å²) in [6.45, 7) is 2.07. The second-order valence-electron chi connectivity index (χ2n) is 5.97. The van der Waals surface area contributed by atoms with Gasteiger partial charge in [0.05, 0.1) is 18.2 Å². The summed E-state index contributed by atoms with van der Waals surface area (Å²) >= 11 is 0. The van der Waals surface area contributed by atoms with Crippen LogP contribution in [-0.4, -0.2) is 51.9 Å². The van der Waals surface area contributed by atoms with E-state index in [0.29, 0.717) is 24.2 Å². The zero-order valence-electron chi connectivity index (χ0n) is 13.6. The first kappa shape index (κ1) is 16.1. The Morgan fingerprint density at radius 2 is 2.17 bits per heavy atom. The lowest BCUT2D eigenvalue weighted by molar-refractivity contribution is 0.0779. The molecule has 122 valence electrons. The summed E-state index contributed by atoms with van der Waals surface area (Å²) in [5.74, 6) is 0.769. The summed E-state index contributed by atoms with van der Waals surface area (Å²) in [4.78, 5) is 25.1. The minimum atomic E-state index is -0.0149. The molecule has 2 aromatic rings. The van der Waals surface area contributed by atoms with Crippen LogP contribution in [0.2, 0.25) is 0 Å². The van der Waals surface area contributed by atoms with Crippen molar-refractivity contribution in [1.29, 1.82) is 5.26 Å². The van der Waals surface area contributed by atoms with Crippen molar-refractivity contribution < 1.29 is 4.79 Å². The van der Waals surface area contributed by atoms with Gasteiger partial charge in [0.25, 0.3) is 5.91 Å². The minimum Gasteiger partial charge on any atom is -0.337 e. The average Bonchev–Trinajstić information content (AvgIpc) is 3.12. The Kier molecular flexibility index (Phi) is 4.82. The summed E-state index contributed by atoms with van der Waals surface area (Å²) in [5.41, 5.74) is 1.08. The van der Waals surface area contributed by atoms with Gasteiger partial charge in [0.15, 0.2) is 0 Å². The number of nitrogens with zero attached hydrogens (tertiary/aromatic N) is 5. The third-order valence-corrected chi connectivity index (χ3v) is 4.32. The highest BCUT2D eigenvalue weighted by Crippen LogP contribution is 2.18. The van der Waals surface area contributed by atoms with Crippen molar-refractivity contribution in [3.8, 4) is 6.07 Å². The summed E-state index contributed by atoms with van der Waals surface area (Å²) in [7, 11) is 2.03. The molecule has 1 fully saturated rings. The van der Waals surface area contributed by atoms with Gasteiger partial charge in [0.2, 0.25) is 0 Å². The molecular weight excluding hydrogens is 302 g/mol. The maximum atomic E-state index is 12.6. The maximum absolute atomic E-state index is 12.6. The molecule has 1 saturated heterocycles. The fourth-order valence-corrected chi connectivity index (χ4v) is 2.95. The Hall–Kier alpha value is -2.78. The van der Waals surface area contributed by atoms with Gasteiger partial charge in [-0.05, 0) is 37.7 Å². The molecule has 1 amide bonds. The number of likely N-dealkylation sites (tertiary alicyclic amines) is 1. The van der Waals surface area contributed by atoms with Crippen molar-refractivity contribution >= 4 is 5.91 Å². The van der Waals surface area contributed by atoms with E-state index < -0.39 is 0 Å². The fraction of sp³-hybridized carbons (Fsp3) is 0.333. The van der Waals surface area contributed by atoms with Gasteiger partial charge in [-0.15, -0.1) is 0 Å². The number of hydrogen-bond acceptors (Lipinski definition) is 5. The van der Waals surface area contributed by atoms with Gasteiger partial charge in [0.1, 0.15) is 5.82 Å². The lowest BCUT2D eigenvalue weighted by Crippen LogP contribution is -2.36. The number of hydrogen-bond donors (Lipinski definition) is 0. The highest BCUT2D eigenvalue weighted by molar-refractivity contribution is 5.94. The van der Waals surface area contributed by atoms with Crippen LogP contribution in [-0.2, 0) is 6.54 Å². The fourth-order valence-electron chi connectivity index (χ4n) is 2.95. The van der Waals surface area contributed by atoms with E-state index in [2.05, 4.69) is 20.9 Å². The van der Waals surface area contributed by atoms with Crippen LogP contribution in [0.25, 0.3) is 0 Å². The number of likely N-dealkylation sites (N-methyl/N-ethyl adjacent to an activating group) is 1. The van der Waals surface area contributed by atoms with E-state index in [0.717, 1.165) is 18.8 Å². The Labute approximate surface area is 141 Å². The van der Waals surface area contributed by atoms with Gasteiger partial charge in [-0.1, -0.05) is 6.07 Å². The normalized spacial score (nSPS) is 17.0. The third-order valence-electron chi connectivity index (χ3n) is 4.32. The number of carbonyl (C=O) groups excluding carboxylic acids is 1. The van der Waals surface area contributed by atoms with Crippen LogP contribution in [0.4, 0.5) is 0 Å². The van der Waals surface area contributed by atoms with E-state index in [1.807, 2.05) is 11.9 Å². The first-order valence-electron chi connectivity index (χ1n) is 7.93. The van der Waals surface area contributed by atoms with E-state index in [9.17, 15) is 4.79 Å². The minimum absolute atomic E-state index is 0.0149. The number of aromatic nitrogens is 2. The Morgan fingerprint density at radius 1 is 1.38 bits per heavy atom. The number of rotatable bonds is 4. The first-order valence-corrected chi connectivity index (χ1v) is 7.93. The summed E-state index contributed by atoms with van der Waals surface area (Å²) in [5, 5.41) is 8.97. The van der Waals surface area contributed by atoms with Crippen LogP contribution in [0.3, 0.4) is 0 Å². The number of benzene rings is 1. The standard InChI is InChI=1S/C18H19N5O/c1-22(13-17-20-7-3-8-21-17)16-6-9-23(12-16)18(24)15-5-2-4-14(10-15)11-19/h2-5,7-8,10,16H,6,9,12-13H2,1H3/t16-/m0/s1. The van der Waals surface area contributed by atoms with Gasteiger partial charge in [0, 0.05) is 37.1 Å². The number of nitriles is 1.